The van der Waals surface area contributed by atoms with Gasteiger partial charge in [0.25, 0.3) is 0 Å². The highest BCUT2D eigenvalue weighted by Gasteiger charge is 2.12. The van der Waals surface area contributed by atoms with E-state index in [0.29, 0.717) is 18.1 Å². The molecule has 0 aromatic carbocycles. The first-order chi connectivity index (χ1) is 9.20. The van der Waals surface area contributed by atoms with Crippen molar-refractivity contribution in [1.29, 1.82) is 0 Å². The lowest BCUT2D eigenvalue weighted by molar-refractivity contribution is -0.384. The van der Waals surface area contributed by atoms with Gasteiger partial charge in [0.15, 0.2) is 0 Å². The molecule has 0 spiro atoms. The smallest absolute Gasteiger partial charge is 0.310 e. The normalized spacial score (nSPS) is 9.95. The third-order valence-electron chi connectivity index (χ3n) is 2.49. The molecule has 0 aliphatic carbocycles. The molecule has 0 amide bonds. The zero-order chi connectivity index (χ0) is 13.7. The number of nitro groups is 1. The highest BCUT2D eigenvalue weighted by Crippen LogP contribution is 2.22. The van der Waals surface area contributed by atoms with E-state index in [2.05, 4.69) is 15.3 Å². The molecule has 0 radical (unpaired) electrons. The minimum atomic E-state index is -0.471. The molecule has 7 heteroatoms. The molecular formula is C12H12N4O3. The predicted molar refractivity (Wildman–Crippen MR) is 69.0 cm³/mol. The summed E-state index contributed by atoms with van der Waals surface area (Å²) in [7, 11) is 1.54. The molecule has 0 bridgehead atoms. The van der Waals surface area contributed by atoms with Crippen LogP contribution in [0.15, 0.2) is 36.8 Å². The number of nitrogens with one attached hydrogen (secondary N) is 1. The summed E-state index contributed by atoms with van der Waals surface area (Å²) in [6, 6.07) is 5.14. The van der Waals surface area contributed by atoms with Crippen molar-refractivity contribution >= 4 is 11.4 Å². The Kier molecular flexibility index (Phi) is 3.87. The summed E-state index contributed by atoms with van der Waals surface area (Å²) in [4.78, 5) is 18.1. The lowest BCUT2D eigenvalue weighted by Crippen LogP contribution is -2.03. The van der Waals surface area contributed by atoms with E-state index in [0.717, 1.165) is 5.56 Å². The van der Waals surface area contributed by atoms with Gasteiger partial charge in [-0.1, -0.05) is 6.07 Å². The number of nitrogens with zero attached hydrogens (tertiary/aromatic N) is 3. The fourth-order valence-electron chi connectivity index (χ4n) is 1.51. The Bertz CT molecular complexity index is 571. The first-order valence-corrected chi connectivity index (χ1v) is 5.52. The molecule has 2 aromatic rings. The van der Waals surface area contributed by atoms with Gasteiger partial charge in [0.1, 0.15) is 11.9 Å². The zero-order valence-corrected chi connectivity index (χ0v) is 10.2. The third-order valence-corrected chi connectivity index (χ3v) is 2.49. The van der Waals surface area contributed by atoms with Crippen molar-refractivity contribution in [2.24, 2.45) is 0 Å². The SMILES string of the molecule is COc1ccc(CNc2ccncc2[N+](=O)[O-])cn1. The number of rotatable bonds is 5. The van der Waals surface area contributed by atoms with Crippen molar-refractivity contribution in [1.82, 2.24) is 9.97 Å². The number of hydrogen-bond donors (Lipinski definition) is 1. The van der Waals surface area contributed by atoms with E-state index in [4.69, 9.17) is 4.74 Å². The highest BCUT2D eigenvalue weighted by molar-refractivity contribution is 5.59. The van der Waals surface area contributed by atoms with Gasteiger partial charge in [0, 0.05) is 25.0 Å². The maximum Gasteiger partial charge on any atom is 0.310 e. The van der Waals surface area contributed by atoms with Gasteiger partial charge in [-0.3, -0.25) is 15.1 Å². The summed E-state index contributed by atoms with van der Waals surface area (Å²) in [5.41, 5.74) is 1.27. The molecule has 0 aliphatic rings. The summed E-state index contributed by atoms with van der Waals surface area (Å²) in [5.74, 6) is 0.527. The molecule has 19 heavy (non-hydrogen) atoms. The Labute approximate surface area is 109 Å². The summed E-state index contributed by atoms with van der Waals surface area (Å²) in [6.45, 7) is 0.432. The third kappa shape index (κ3) is 3.15. The Hall–Kier alpha value is -2.70. The highest BCUT2D eigenvalue weighted by atomic mass is 16.6. The van der Waals surface area contributed by atoms with Gasteiger partial charge in [0.2, 0.25) is 5.88 Å². The van der Waals surface area contributed by atoms with Gasteiger partial charge < -0.3 is 10.1 Å². The zero-order valence-electron chi connectivity index (χ0n) is 10.2. The van der Waals surface area contributed by atoms with E-state index in [1.54, 1.807) is 25.4 Å². The standard InChI is InChI=1S/C12H12N4O3/c1-19-12-3-2-9(7-15-12)6-14-10-4-5-13-8-11(10)16(17)18/h2-5,7-8H,6H2,1H3,(H,13,14). The van der Waals surface area contributed by atoms with E-state index in [-0.39, 0.29) is 5.69 Å². The van der Waals surface area contributed by atoms with Crippen molar-refractivity contribution < 1.29 is 9.66 Å². The number of methoxy groups -OCH3 is 1. The van der Waals surface area contributed by atoms with Gasteiger partial charge in [-0.25, -0.2) is 4.98 Å². The second kappa shape index (κ2) is 5.76. The van der Waals surface area contributed by atoms with Crippen LogP contribution in [0.3, 0.4) is 0 Å². The van der Waals surface area contributed by atoms with Gasteiger partial charge in [-0.05, 0) is 11.6 Å². The van der Waals surface area contributed by atoms with Gasteiger partial charge in [-0.15, -0.1) is 0 Å². The van der Waals surface area contributed by atoms with Crippen LogP contribution < -0.4 is 10.1 Å². The maximum atomic E-state index is 10.8. The van der Waals surface area contributed by atoms with Crippen LogP contribution in [-0.2, 0) is 6.54 Å². The van der Waals surface area contributed by atoms with Crippen molar-refractivity contribution in [2.45, 2.75) is 6.54 Å². The fourth-order valence-corrected chi connectivity index (χ4v) is 1.51. The summed E-state index contributed by atoms with van der Waals surface area (Å²) in [5, 5.41) is 13.8. The van der Waals surface area contributed by atoms with E-state index in [1.165, 1.54) is 12.4 Å². The second-order valence-electron chi connectivity index (χ2n) is 3.71. The average Bonchev–Trinajstić information content (AvgIpc) is 2.46. The summed E-state index contributed by atoms with van der Waals surface area (Å²) >= 11 is 0. The number of anilines is 1. The fraction of sp³-hybridized carbons (Fsp3) is 0.167. The maximum absolute atomic E-state index is 10.8. The van der Waals surface area contributed by atoms with Crippen molar-refractivity contribution in [3.05, 3.63) is 52.5 Å². The Morgan fingerprint density at radius 1 is 1.37 bits per heavy atom. The lowest BCUT2D eigenvalue weighted by atomic mass is 10.2. The second-order valence-corrected chi connectivity index (χ2v) is 3.71. The molecule has 0 saturated carbocycles. The van der Waals surface area contributed by atoms with E-state index in [1.807, 2.05) is 6.07 Å². The van der Waals surface area contributed by atoms with Crippen LogP contribution in [-0.4, -0.2) is 22.0 Å². The molecule has 7 nitrogen and oxygen atoms in total. The number of ether oxygens (including phenoxy) is 1. The molecular weight excluding hydrogens is 248 g/mol. The Balaban J connectivity index is 2.07. The molecule has 0 atom stereocenters. The van der Waals surface area contributed by atoms with E-state index >= 15 is 0 Å². The molecule has 0 fully saturated rings. The topological polar surface area (TPSA) is 90.2 Å². The molecule has 2 rings (SSSR count). The molecule has 2 aromatic heterocycles. The van der Waals surface area contributed by atoms with E-state index in [9.17, 15) is 10.1 Å². The van der Waals surface area contributed by atoms with Crippen LogP contribution in [0.4, 0.5) is 11.4 Å². The minimum Gasteiger partial charge on any atom is -0.481 e. The van der Waals surface area contributed by atoms with Crippen LogP contribution in [0.5, 0.6) is 5.88 Å². The monoisotopic (exact) mass is 260 g/mol. The van der Waals surface area contributed by atoms with Crippen molar-refractivity contribution in [3.8, 4) is 5.88 Å². The van der Waals surface area contributed by atoms with Crippen LogP contribution >= 0.6 is 0 Å². The first kappa shape index (κ1) is 12.7. The van der Waals surface area contributed by atoms with Gasteiger partial charge in [-0.2, -0.15) is 0 Å². The van der Waals surface area contributed by atoms with Crippen LogP contribution in [0, 0.1) is 10.1 Å². The Morgan fingerprint density at radius 3 is 2.84 bits per heavy atom. The largest absolute Gasteiger partial charge is 0.481 e. The first-order valence-electron chi connectivity index (χ1n) is 5.52. The predicted octanol–water partition coefficient (Wildman–Crippen LogP) is 2.01. The molecule has 0 aliphatic heterocycles. The Morgan fingerprint density at radius 2 is 2.21 bits per heavy atom. The molecule has 2 heterocycles. The van der Waals surface area contributed by atoms with Crippen molar-refractivity contribution in [2.75, 3.05) is 12.4 Å². The van der Waals surface area contributed by atoms with Crippen LogP contribution in [0.1, 0.15) is 5.56 Å². The van der Waals surface area contributed by atoms with Crippen LogP contribution in [0.25, 0.3) is 0 Å². The molecule has 98 valence electrons. The van der Waals surface area contributed by atoms with Gasteiger partial charge >= 0.3 is 5.69 Å². The van der Waals surface area contributed by atoms with Gasteiger partial charge in [0.05, 0.1) is 12.0 Å². The summed E-state index contributed by atoms with van der Waals surface area (Å²) in [6.07, 6.45) is 4.37. The number of pyridine rings is 2. The average molecular weight is 260 g/mol. The summed E-state index contributed by atoms with van der Waals surface area (Å²) < 4.78 is 4.95. The number of hydrogen-bond acceptors (Lipinski definition) is 6. The minimum absolute atomic E-state index is 0.0519. The quantitative estimate of drug-likeness (QED) is 0.653. The molecule has 0 unspecified atom stereocenters. The molecule has 0 saturated heterocycles. The molecule has 1 N–H and O–H groups in total. The van der Waals surface area contributed by atoms with E-state index < -0.39 is 4.92 Å². The number of aromatic nitrogens is 2. The van der Waals surface area contributed by atoms with Crippen LogP contribution in [0.2, 0.25) is 0 Å². The van der Waals surface area contributed by atoms with Crippen molar-refractivity contribution in [3.63, 3.8) is 0 Å². The lowest BCUT2D eigenvalue weighted by Gasteiger charge is -2.06.